The van der Waals surface area contributed by atoms with Gasteiger partial charge in [0.25, 0.3) is 0 Å². The standard InChI is InChI=1S/C15H15N3O3/c1-4-13(19)16-10-7-11(17-14(20)5-2)9-12(8-10)18-15(21)6-3/h4-9H,1-3H2,(H,16,19)(H,17,20)(H,18,21). The van der Waals surface area contributed by atoms with Crippen LogP contribution in [0.1, 0.15) is 0 Å². The van der Waals surface area contributed by atoms with Crippen LogP contribution in [0.4, 0.5) is 17.1 Å². The molecule has 0 saturated heterocycles. The van der Waals surface area contributed by atoms with Crippen LogP contribution in [0.3, 0.4) is 0 Å². The fourth-order valence-electron chi connectivity index (χ4n) is 1.42. The van der Waals surface area contributed by atoms with Crippen molar-refractivity contribution < 1.29 is 14.4 Å². The van der Waals surface area contributed by atoms with Crippen molar-refractivity contribution in [2.75, 3.05) is 16.0 Å². The van der Waals surface area contributed by atoms with Gasteiger partial charge >= 0.3 is 0 Å². The van der Waals surface area contributed by atoms with Gasteiger partial charge in [0.1, 0.15) is 0 Å². The van der Waals surface area contributed by atoms with Crippen LogP contribution in [-0.4, -0.2) is 17.7 Å². The summed E-state index contributed by atoms with van der Waals surface area (Å²) >= 11 is 0. The van der Waals surface area contributed by atoms with Gasteiger partial charge in [-0.3, -0.25) is 14.4 Å². The van der Waals surface area contributed by atoms with Crippen LogP contribution in [-0.2, 0) is 14.4 Å². The Morgan fingerprint density at radius 1 is 0.667 bits per heavy atom. The Labute approximate surface area is 122 Å². The molecule has 0 aliphatic carbocycles. The Morgan fingerprint density at radius 2 is 0.905 bits per heavy atom. The highest BCUT2D eigenvalue weighted by molar-refractivity contribution is 6.04. The molecule has 0 aliphatic rings. The van der Waals surface area contributed by atoms with E-state index < -0.39 is 17.7 Å². The minimum atomic E-state index is -0.414. The van der Waals surface area contributed by atoms with E-state index >= 15 is 0 Å². The van der Waals surface area contributed by atoms with E-state index in [2.05, 4.69) is 35.7 Å². The smallest absolute Gasteiger partial charge is 0.247 e. The molecule has 0 saturated carbocycles. The Hall–Kier alpha value is -3.15. The van der Waals surface area contributed by atoms with Crippen LogP contribution in [0.2, 0.25) is 0 Å². The summed E-state index contributed by atoms with van der Waals surface area (Å²) in [6, 6.07) is 4.60. The predicted octanol–water partition coefficient (Wildman–Crippen LogP) is 2.06. The third kappa shape index (κ3) is 5.15. The molecular formula is C15H15N3O3. The van der Waals surface area contributed by atoms with Gasteiger partial charge in [-0.25, -0.2) is 0 Å². The van der Waals surface area contributed by atoms with E-state index in [1.165, 1.54) is 18.2 Å². The molecule has 0 aromatic heterocycles. The van der Waals surface area contributed by atoms with Gasteiger partial charge < -0.3 is 16.0 Å². The molecule has 21 heavy (non-hydrogen) atoms. The quantitative estimate of drug-likeness (QED) is 0.699. The summed E-state index contributed by atoms with van der Waals surface area (Å²) in [4.78, 5) is 34.0. The van der Waals surface area contributed by atoms with Gasteiger partial charge in [-0.1, -0.05) is 19.7 Å². The van der Waals surface area contributed by atoms with Crippen molar-refractivity contribution in [1.29, 1.82) is 0 Å². The van der Waals surface area contributed by atoms with Gasteiger partial charge in [-0.15, -0.1) is 0 Å². The Balaban J connectivity index is 3.11. The van der Waals surface area contributed by atoms with Gasteiger partial charge in [-0.05, 0) is 36.4 Å². The zero-order valence-corrected chi connectivity index (χ0v) is 11.3. The second-order valence-corrected chi connectivity index (χ2v) is 3.88. The maximum atomic E-state index is 11.3. The average Bonchev–Trinajstić information content (AvgIpc) is 2.46. The first-order chi connectivity index (χ1) is 9.98. The number of rotatable bonds is 6. The fraction of sp³-hybridized carbons (Fsp3) is 0. The summed E-state index contributed by atoms with van der Waals surface area (Å²) in [5, 5.41) is 7.63. The lowest BCUT2D eigenvalue weighted by atomic mass is 10.2. The summed E-state index contributed by atoms with van der Waals surface area (Å²) in [5.41, 5.74) is 1.17. The maximum Gasteiger partial charge on any atom is 0.247 e. The first kappa shape index (κ1) is 15.9. The van der Waals surface area contributed by atoms with Gasteiger partial charge in [-0.2, -0.15) is 0 Å². The van der Waals surface area contributed by atoms with Crippen LogP contribution < -0.4 is 16.0 Å². The second kappa shape index (κ2) is 7.44. The van der Waals surface area contributed by atoms with Crippen LogP contribution in [0.25, 0.3) is 0 Å². The van der Waals surface area contributed by atoms with E-state index in [1.54, 1.807) is 0 Å². The summed E-state index contributed by atoms with van der Waals surface area (Å²) in [7, 11) is 0. The van der Waals surface area contributed by atoms with E-state index in [-0.39, 0.29) is 0 Å². The molecule has 1 aromatic rings. The highest BCUT2D eigenvalue weighted by Crippen LogP contribution is 2.23. The highest BCUT2D eigenvalue weighted by atomic mass is 16.2. The molecule has 0 bridgehead atoms. The van der Waals surface area contributed by atoms with Crippen LogP contribution in [0, 0.1) is 0 Å². The number of amides is 3. The summed E-state index contributed by atoms with van der Waals surface area (Å²) in [5.74, 6) is -1.24. The van der Waals surface area contributed by atoms with Crippen molar-refractivity contribution in [3.63, 3.8) is 0 Å². The Kier molecular flexibility index (Phi) is 5.64. The number of carbonyl (C=O) groups excluding carboxylic acids is 3. The van der Waals surface area contributed by atoms with Crippen LogP contribution in [0.5, 0.6) is 0 Å². The third-order valence-corrected chi connectivity index (χ3v) is 2.29. The number of anilines is 3. The SMILES string of the molecule is C=CC(=O)Nc1cc(NC(=O)C=C)cc(NC(=O)C=C)c1. The van der Waals surface area contributed by atoms with E-state index in [1.807, 2.05) is 0 Å². The molecule has 0 radical (unpaired) electrons. The lowest BCUT2D eigenvalue weighted by Gasteiger charge is -2.11. The van der Waals surface area contributed by atoms with Crippen molar-refractivity contribution in [3.05, 3.63) is 56.2 Å². The molecule has 0 unspecified atom stereocenters. The second-order valence-electron chi connectivity index (χ2n) is 3.88. The molecular weight excluding hydrogens is 270 g/mol. The summed E-state index contributed by atoms with van der Waals surface area (Å²) in [6.07, 6.45) is 3.32. The highest BCUT2D eigenvalue weighted by Gasteiger charge is 2.06. The molecule has 1 rings (SSSR count). The minimum absolute atomic E-state index is 0.390. The van der Waals surface area contributed by atoms with E-state index in [9.17, 15) is 14.4 Å². The normalized spacial score (nSPS) is 9.14. The number of benzene rings is 1. The fourth-order valence-corrected chi connectivity index (χ4v) is 1.42. The Morgan fingerprint density at radius 3 is 1.10 bits per heavy atom. The number of nitrogens with one attached hydrogen (secondary N) is 3. The largest absolute Gasteiger partial charge is 0.322 e. The minimum Gasteiger partial charge on any atom is -0.322 e. The average molecular weight is 285 g/mol. The molecule has 0 atom stereocenters. The van der Waals surface area contributed by atoms with Crippen molar-refractivity contribution in [3.8, 4) is 0 Å². The lowest BCUT2D eigenvalue weighted by Crippen LogP contribution is -2.12. The van der Waals surface area contributed by atoms with Crippen molar-refractivity contribution in [2.24, 2.45) is 0 Å². The predicted molar refractivity (Wildman–Crippen MR) is 82.9 cm³/mol. The molecule has 108 valence electrons. The van der Waals surface area contributed by atoms with Crippen molar-refractivity contribution in [1.82, 2.24) is 0 Å². The first-order valence-electron chi connectivity index (χ1n) is 5.94. The van der Waals surface area contributed by atoms with Crippen LogP contribution >= 0.6 is 0 Å². The topological polar surface area (TPSA) is 87.3 Å². The maximum absolute atomic E-state index is 11.3. The molecule has 0 spiro atoms. The number of hydrogen-bond acceptors (Lipinski definition) is 3. The monoisotopic (exact) mass is 285 g/mol. The molecule has 0 fully saturated rings. The van der Waals surface area contributed by atoms with Gasteiger partial charge in [0.05, 0.1) is 0 Å². The zero-order valence-electron chi connectivity index (χ0n) is 11.3. The molecule has 6 nitrogen and oxygen atoms in total. The lowest BCUT2D eigenvalue weighted by molar-refractivity contribution is -0.112. The van der Waals surface area contributed by atoms with E-state index in [0.29, 0.717) is 17.1 Å². The molecule has 3 N–H and O–H groups in total. The number of carbonyl (C=O) groups is 3. The zero-order chi connectivity index (χ0) is 15.8. The molecule has 0 heterocycles. The van der Waals surface area contributed by atoms with Crippen LogP contribution in [0.15, 0.2) is 56.2 Å². The van der Waals surface area contributed by atoms with Gasteiger partial charge in [0, 0.05) is 17.1 Å². The van der Waals surface area contributed by atoms with Crippen molar-refractivity contribution in [2.45, 2.75) is 0 Å². The molecule has 6 heteroatoms. The molecule has 1 aromatic carbocycles. The number of hydrogen-bond donors (Lipinski definition) is 3. The molecule has 0 aliphatic heterocycles. The van der Waals surface area contributed by atoms with E-state index in [0.717, 1.165) is 18.2 Å². The van der Waals surface area contributed by atoms with Gasteiger partial charge in [0.15, 0.2) is 0 Å². The van der Waals surface area contributed by atoms with Gasteiger partial charge in [0.2, 0.25) is 17.7 Å². The van der Waals surface area contributed by atoms with Crippen molar-refractivity contribution >= 4 is 34.8 Å². The summed E-state index contributed by atoms with van der Waals surface area (Å²) < 4.78 is 0. The Bertz CT molecular complexity index is 523. The third-order valence-electron chi connectivity index (χ3n) is 2.29. The molecule has 3 amide bonds. The summed E-state index contributed by atoms with van der Waals surface area (Å²) in [6.45, 7) is 10.0. The van der Waals surface area contributed by atoms with E-state index in [4.69, 9.17) is 0 Å². The first-order valence-corrected chi connectivity index (χ1v) is 5.94.